The number of amides is 6. The predicted octanol–water partition coefficient (Wildman–Crippen LogP) is 2.33. The lowest BCUT2D eigenvalue weighted by molar-refractivity contribution is 0.0942. The van der Waals surface area contributed by atoms with Crippen LogP contribution in [0.5, 0.6) is 0 Å². The van der Waals surface area contributed by atoms with Gasteiger partial charge in [-0.25, -0.2) is 4.79 Å². The summed E-state index contributed by atoms with van der Waals surface area (Å²) in [5.41, 5.74) is 3.06. The summed E-state index contributed by atoms with van der Waals surface area (Å²) in [6.45, 7) is 2.82. The van der Waals surface area contributed by atoms with Gasteiger partial charge in [0, 0.05) is 72.6 Å². The number of rotatable bonds is 12. The van der Waals surface area contributed by atoms with E-state index in [1.54, 1.807) is 100 Å². The largest absolute Gasteiger partial charge is 0.351 e. The molecule has 0 aromatic carbocycles. The fourth-order valence-corrected chi connectivity index (χ4v) is 5.16. The first-order valence-corrected chi connectivity index (χ1v) is 15.4. The van der Waals surface area contributed by atoms with Gasteiger partial charge in [0.25, 0.3) is 23.6 Å². The van der Waals surface area contributed by atoms with Crippen molar-refractivity contribution in [3.63, 3.8) is 0 Å². The molecule has 0 spiro atoms. The number of hydrogen-bond acceptors (Lipinski definition) is 6. The molecule has 5 heterocycles. The Morgan fingerprint density at radius 2 is 0.938 bits per heavy atom. The van der Waals surface area contributed by atoms with Crippen molar-refractivity contribution in [3.8, 4) is 0 Å². The molecule has 0 radical (unpaired) electrons. The number of nitrogens with zero attached hydrogens (tertiary/aromatic N) is 6. The van der Waals surface area contributed by atoms with Crippen LogP contribution in [-0.4, -0.2) is 98.0 Å². The van der Waals surface area contributed by atoms with Crippen molar-refractivity contribution < 1.29 is 24.0 Å². The van der Waals surface area contributed by atoms with Gasteiger partial charge < -0.3 is 54.7 Å². The van der Waals surface area contributed by atoms with Crippen molar-refractivity contribution in [2.75, 3.05) is 61.5 Å². The van der Waals surface area contributed by atoms with Gasteiger partial charge >= 0.3 is 6.03 Å². The molecule has 4 aromatic rings. The molecular formula is C32H41N11O5. The van der Waals surface area contributed by atoms with Gasteiger partial charge in [0.05, 0.1) is 22.7 Å². The van der Waals surface area contributed by atoms with Gasteiger partial charge in [-0.05, 0) is 51.3 Å². The number of urea groups is 1. The van der Waals surface area contributed by atoms with E-state index in [9.17, 15) is 24.0 Å². The van der Waals surface area contributed by atoms with Crippen LogP contribution in [0.2, 0.25) is 0 Å². The average molecular weight is 660 g/mol. The molecule has 0 unspecified atom stereocenters. The summed E-state index contributed by atoms with van der Waals surface area (Å²) >= 11 is 0. The van der Waals surface area contributed by atoms with Crippen molar-refractivity contribution in [3.05, 3.63) is 71.8 Å². The van der Waals surface area contributed by atoms with Crippen LogP contribution in [0.15, 0.2) is 49.1 Å². The minimum absolute atomic E-state index is 0.213. The Morgan fingerprint density at radius 1 is 0.583 bits per heavy atom. The molecule has 16 heteroatoms. The summed E-state index contributed by atoms with van der Waals surface area (Å²) in [7, 11) is 10.7. The van der Waals surface area contributed by atoms with Gasteiger partial charge in [-0.2, -0.15) is 0 Å². The Balaban J connectivity index is 1.17. The summed E-state index contributed by atoms with van der Waals surface area (Å²) in [6, 6.07) is 6.07. The highest BCUT2D eigenvalue weighted by molar-refractivity contribution is 6.09. The molecule has 4 aromatic heterocycles. The molecular weight excluding hydrogens is 618 g/mol. The second-order valence-electron chi connectivity index (χ2n) is 12.1. The SMILES string of the molecule is CN(C)CCCNC(=O)c1cc(NC(=O)c2cc(NC(=O)c3cc(NC(=O)c4cc(NC(=O)N5CC5)cn4C)cn3C)cn2C)cn1C. The quantitative estimate of drug-likeness (QED) is 0.115. The minimum atomic E-state index is -0.446. The first-order chi connectivity index (χ1) is 22.8. The minimum Gasteiger partial charge on any atom is -0.351 e. The van der Waals surface area contributed by atoms with Crippen molar-refractivity contribution >= 4 is 52.4 Å². The fourth-order valence-electron chi connectivity index (χ4n) is 5.16. The maximum absolute atomic E-state index is 13.2. The first-order valence-electron chi connectivity index (χ1n) is 15.4. The Morgan fingerprint density at radius 3 is 1.29 bits per heavy atom. The molecule has 48 heavy (non-hydrogen) atoms. The highest BCUT2D eigenvalue weighted by Gasteiger charge is 2.25. The monoisotopic (exact) mass is 659 g/mol. The standard InChI is InChI=1S/C32H41N11O5/c1-38(2)9-7-8-33-28(44)24-12-20(16-39(24)3)34-29(45)25-13-21(17-40(25)4)35-30(46)26-14-22(18-41(26)5)36-31(47)27-15-23(19-42(27)6)37-32(48)43-10-11-43/h12-19H,7-11H2,1-6H3,(H,33,44)(H,34,45)(H,35,46)(H,36,47)(H,37,48). The molecule has 0 saturated carbocycles. The molecule has 1 aliphatic heterocycles. The molecule has 1 fully saturated rings. The predicted molar refractivity (Wildman–Crippen MR) is 182 cm³/mol. The van der Waals surface area contributed by atoms with Crippen LogP contribution in [0.3, 0.4) is 0 Å². The molecule has 5 N–H and O–H groups in total. The van der Waals surface area contributed by atoms with Gasteiger partial charge in [0.15, 0.2) is 0 Å². The Labute approximate surface area is 277 Å². The first kappa shape index (κ1) is 33.6. The van der Waals surface area contributed by atoms with Crippen molar-refractivity contribution in [2.45, 2.75) is 6.42 Å². The lowest BCUT2D eigenvalue weighted by atomic mass is 10.3. The summed E-state index contributed by atoms with van der Waals surface area (Å²) in [6.07, 6.45) is 7.35. The van der Waals surface area contributed by atoms with E-state index in [0.717, 1.165) is 13.0 Å². The highest BCUT2D eigenvalue weighted by atomic mass is 16.2. The van der Waals surface area contributed by atoms with E-state index in [0.29, 0.717) is 53.8 Å². The number of nitrogens with one attached hydrogen (secondary N) is 5. The van der Waals surface area contributed by atoms with Crippen LogP contribution in [-0.2, 0) is 28.2 Å². The number of aryl methyl sites for hydroxylation is 4. The molecule has 254 valence electrons. The summed E-state index contributed by atoms with van der Waals surface area (Å²) in [4.78, 5) is 67.6. The third kappa shape index (κ3) is 7.95. The Hall–Kier alpha value is -5.77. The number of anilines is 4. The zero-order valence-electron chi connectivity index (χ0n) is 27.9. The Bertz CT molecular complexity index is 1870. The van der Waals surface area contributed by atoms with E-state index in [4.69, 9.17) is 0 Å². The van der Waals surface area contributed by atoms with E-state index in [2.05, 4.69) is 26.6 Å². The summed E-state index contributed by atoms with van der Waals surface area (Å²) < 4.78 is 6.42. The summed E-state index contributed by atoms with van der Waals surface area (Å²) in [5.74, 6) is -1.50. The third-order valence-electron chi connectivity index (χ3n) is 7.78. The zero-order chi connectivity index (χ0) is 34.7. The highest BCUT2D eigenvalue weighted by Crippen LogP contribution is 2.21. The molecule has 0 bridgehead atoms. The van der Waals surface area contributed by atoms with Gasteiger partial charge in [-0.1, -0.05) is 0 Å². The van der Waals surface area contributed by atoms with E-state index in [-0.39, 0.29) is 23.3 Å². The number of carbonyl (C=O) groups excluding carboxylic acids is 5. The maximum Gasteiger partial charge on any atom is 0.322 e. The van der Waals surface area contributed by atoms with Crippen LogP contribution in [0.25, 0.3) is 0 Å². The Kier molecular flexibility index (Phi) is 9.74. The molecule has 16 nitrogen and oxygen atoms in total. The normalized spacial score (nSPS) is 12.2. The van der Waals surface area contributed by atoms with Crippen molar-refractivity contribution in [1.82, 2.24) is 33.4 Å². The third-order valence-corrected chi connectivity index (χ3v) is 7.78. The molecule has 6 amide bonds. The topological polar surface area (TPSA) is 171 Å². The second kappa shape index (κ2) is 13.9. The molecule has 0 aliphatic carbocycles. The summed E-state index contributed by atoms with van der Waals surface area (Å²) in [5, 5.41) is 14.1. The van der Waals surface area contributed by atoms with Crippen LogP contribution in [0.4, 0.5) is 27.5 Å². The second-order valence-corrected chi connectivity index (χ2v) is 12.1. The average Bonchev–Trinajstić information content (AvgIpc) is 3.38. The lowest BCUT2D eigenvalue weighted by Crippen LogP contribution is -2.28. The molecule has 1 aliphatic rings. The van der Waals surface area contributed by atoms with Gasteiger partial charge in [0.1, 0.15) is 22.8 Å². The van der Waals surface area contributed by atoms with Crippen LogP contribution < -0.4 is 26.6 Å². The van der Waals surface area contributed by atoms with Crippen LogP contribution in [0.1, 0.15) is 48.4 Å². The molecule has 1 saturated heterocycles. The van der Waals surface area contributed by atoms with E-state index >= 15 is 0 Å². The number of carbonyl (C=O) groups is 5. The molecule has 0 atom stereocenters. The van der Waals surface area contributed by atoms with E-state index < -0.39 is 17.7 Å². The smallest absolute Gasteiger partial charge is 0.322 e. The van der Waals surface area contributed by atoms with Crippen LogP contribution >= 0.6 is 0 Å². The van der Waals surface area contributed by atoms with Crippen molar-refractivity contribution in [2.24, 2.45) is 28.2 Å². The van der Waals surface area contributed by atoms with Gasteiger partial charge in [0.2, 0.25) is 0 Å². The van der Waals surface area contributed by atoms with Crippen molar-refractivity contribution in [1.29, 1.82) is 0 Å². The zero-order valence-corrected chi connectivity index (χ0v) is 27.9. The lowest BCUT2D eigenvalue weighted by Gasteiger charge is -2.10. The maximum atomic E-state index is 13.2. The van der Waals surface area contributed by atoms with Crippen LogP contribution in [0, 0.1) is 0 Å². The molecule has 5 rings (SSSR count). The number of aromatic nitrogens is 4. The van der Waals surface area contributed by atoms with Gasteiger partial charge in [-0.15, -0.1) is 0 Å². The van der Waals surface area contributed by atoms with E-state index in [1.165, 1.54) is 0 Å². The van der Waals surface area contributed by atoms with E-state index in [1.807, 2.05) is 19.0 Å². The number of hydrogen-bond donors (Lipinski definition) is 5. The fraction of sp³-hybridized carbons (Fsp3) is 0.344. The van der Waals surface area contributed by atoms with Gasteiger partial charge in [-0.3, -0.25) is 19.2 Å².